The second kappa shape index (κ2) is 7.98. The van der Waals surface area contributed by atoms with E-state index in [1.54, 1.807) is 11.3 Å². The van der Waals surface area contributed by atoms with Gasteiger partial charge in [0.25, 0.3) is 5.91 Å². The van der Waals surface area contributed by atoms with Crippen LogP contribution in [-0.4, -0.2) is 42.0 Å². The Balaban J connectivity index is 1.23. The summed E-state index contributed by atoms with van der Waals surface area (Å²) in [4.78, 5) is 19.0. The van der Waals surface area contributed by atoms with Gasteiger partial charge in [-0.1, -0.05) is 30.3 Å². The maximum absolute atomic E-state index is 12.3. The topological polar surface area (TPSA) is 45.2 Å². The summed E-state index contributed by atoms with van der Waals surface area (Å²) in [5.41, 5.74) is 4.93. The normalized spacial score (nSPS) is 16.0. The molecule has 4 nitrogen and oxygen atoms in total. The van der Waals surface area contributed by atoms with Crippen molar-refractivity contribution in [3.8, 4) is 0 Å². The quantitative estimate of drug-likeness (QED) is 0.746. The van der Waals surface area contributed by atoms with Crippen molar-refractivity contribution in [3.63, 3.8) is 0 Å². The monoisotopic (exact) mass is 365 g/mol. The van der Waals surface area contributed by atoms with Crippen molar-refractivity contribution in [2.75, 3.05) is 26.2 Å². The van der Waals surface area contributed by atoms with Crippen LogP contribution in [0.3, 0.4) is 0 Å². The van der Waals surface area contributed by atoms with Gasteiger partial charge in [0, 0.05) is 18.7 Å². The molecule has 0 aliphatic carbocycles. The van der Waals surface area contributed by atoms with Crippen LogP contribution in [0.1, 0.15) is 34.7 Å². The lowest BCUT2D eigenvalue weighted by Gasteiger charge is -2.32. The Morgan fingerprint density at radius 1 is 1.15 bits per heavy atom. The zero-order chi connectivity index (χ0) is 17.8. The summed E-state index contributed by atoms with van der Waals surface area (Å²) in [7, 11) is 0. The summed E-state index contributed by atoms with van der Waals surface area (Å²) in [6, 6.07) is 16.5. The van der Waals surface area contributed by atoms with E-state index in [1.165, 1.54) is 18.4 Å². The van der Waals surface area contributed by atoms with Gasteiger partial charge in [-0.3, -0.25) is 4.79 Å². The van der Waals surface area contributed by atoms with E-state index in [1.807, 2.05) is 23.7 Å². The fourth-order valence-corrected chi connectivity index (χ4v) is 4.36. The number of rotatable bonds is 5. The average Bonchev–Trinajstić information content (AvgIpc) is 3.17. The first kappa shape index (κ1) is 17.2. The van der Waals surface area contributed by atoms with Crippen LogP contribution in [0.15, 0.2) is 54.0 Å². The molecule has 134 valence electrons. The third-order valence-corrected chi connectivity index (χ3v) is 5.96. The Labute approximate surface area is 157 Å². The molecule has 2 heterocycles. The number of nitrogens with zero attached hydrogens (tertiary/aromatic N) is 2. The molecule has 4 rings (SSSR count). The number of thiazole rings is 1. The number of carbonyl (C=O) groups excluding carboxylic acids is 1. The van der Waals surface area contributed by atoms with Gasteiger partial charge in [-0.2, -0.15) is 0 Å². The molecule has 0 radical (unpaired) electrons. The van der Waals surface area contributed by atoms with Crippen molar-refractivity contribution < 1.29 is 4.79 Å². The van der Waals surface area contributed by atoms with Crippen LogP contribution >= 0.6 is 11.3 Å². The number of benzene rings is 2. The van der Waals surface area contributed by atoms with Crippen LogP contribution in [0.4, 0.5) is 0 Å². The Morgan fingerprint density at radius 3 is 2.77 bits per heavy atom. The van der Waals surface area contributed by atoms with Crippen molar-refractivity contribution >= 4 is 27.5 Å². The highest BCUT2D eigenvalue weighted by Gasteiger charge is 2.20. The predicted octanol–water partition coefficient (Wildman–Crippen LogP) is 3.91. The Bertz CT molecular complexity index is 869. The number of piperidine rings is 1. The van der Waals surface area contributed by atoms with Crippen LogP contribution in [0, 0.1) is 0 Å². The number of carbonyl (C=O) groups is 1. The van der Waals surface area contributed by atoms with Gasteiger partial charge in [-0.05, 0) is 55.6 Å². The van der Waals surface area contributed by atoms with Crippen LogP contribution in [0.5, 0.6) is 0 Å². The highest BCUT2D eigenvalue weighted by atomic mass is 32.1. The highest BCUT2D eigenvalue weighted by molar-refractivity contribution is 7.16. The van der Waals surface area contributed by atoms with Crippen molar-refractivity contribution in [2.45, 2.75) is 18.8 Å². The minimum absolute atomic E-state index is 0.000489. The molecule has 1 amide bonds. The summed E-state index contributed by atoms with van der Waals surface area (Å²) < 4.78 is 1.06. The summed E-state index contributed by atoms with van der Waals surface area (Å²) in [5, 5.41) is 3.05. The van der Waals surface area contributed by atoms with Crippen LogP contribution in [0.2, 0.25) is 0 Å². The van der Waals surface area contributed by atoms with E-state index in [9.17, 15) is 4.79 Å². The van der Waals surface area contributed by atoms with Gasteiger partial charge >= 0.3 is 0 Å². The first-order valence-electron chi connectivity index (χ1n) is 9.18. The van der Waals surface area contributed by atoms with Crippen molar-refractivity contribution in [1.29, 1.82) is 0 Å². The molecule has 1 saturated heterocycles. The van der Waals surface area contributed by atoms with Crippen molar-refractivity contribution in [2.24, 2.45) is 0 Å². The standard InChI is InChI=1S/C21H23N3OS/c25-21(18-6-7-19-20(14-18)26-15-23-19)22-10-13-24-11-8-17(9-12-24)16-4-2-1-3-5-16/h1-7,14-15,17H,8-13H2,(H,22,25). The molecule has 0 bridgehead atoms. The molecule has 26 heavy (non-hydrogen) atoms. The number of hydrogen-bond donors (Lipinski definition) is 1. The van der Waals surface area contributed by atoms with Gasteiger partial charge in [-0.25, -0.2) is 4.98 Å². The Kier molecular flexibility index (Phi) is 5.27. The zero-order valence-corrected chi connectivity index (χ0v) is 15.5. The van der Waals surface area contributed by atoms with Gasteiger partial charge < -0.3 is 10.2 Å². The molecule has 0 saturated carbocycles. The molecular formula is C21H23N3OS. The third-order valence-electron chi connectivity index (χ3n) is 5.17. The van der Waals surface area contributed by atoms with Crippen molar-refractivity contribution in [1.82, 2.24) is 15.2 Å². The second-order valence-electron chi connectivity index (χ2n) is 6.82. The Hall–Kier alpha value is -2.24. The molecule has 0 unspecified atom stereocenters. The van der Waals surface area contributed by atoms with Gasteiger partial charge in [0.05, 0.1) is 15.7 Å². The molecule has 1 N–H and O–H groups in total. The fraction of sp³-hybridized carbons (Fsp3) is 0.333. The lowest BCUT2D eigenvalue weighted by atomic mass is 9.89. The minimum atomic E-state index is -0.000489. The SMILES string of the molecule is O=C(NCCN1CCC(c2ccccc2)CC1)c1ccc2ncsc2c1. The molecule has 1 aromatic heterocycles. The van der Waals surface area contributed by atoms with E-state index < -0.39 is 0 Å². The number of amides is 1. The Morgan fingerprint density at radius 2 is 1.96 bits per heavy atom. The highest BCUT2D eigenvalue weighted by Crippen LogP contribution is 2.27. The number of fused-ring (bicyclic) bond motifs is 1. The van der Waals surface area contributed by atoms with E-state index >= 15 is 0 Å². The number of hydrogen-bond acceptors (Lipinski definition) is 4. The smallest absolute Gasteiger partial charge is 0.251 e. The molecule has 3 aromatic rings. The van der Waals surface area contributed by atoms with Gasteiger partial charge in [0.2, 0.25) is 0 Å². The van der Waals surface area contributed by atoms with Gasteiger partial charge in [0.1, 0.15) is 0 Å². The number of aromatic nitrogens is 1. The van der Waals surface area contributed by atoms with Gasteiger partial charge in [0.15, 0.2) is 0 Å². The van der Waals surface area contributed by atoms with E-state index in [4.69, 9.17) is 0 Å². The lowest BCUT2D eigenvalue weighted by molar-refractivity contribution is 0.0946. The summed E-state index contributed by atoms with van der Waals surface area (Å²) in [6.45, 7) is 3.80. The molecule has 2 aromatic carbocycles. The molecule has 0 spiro atoms. The van der Waals surface area contributed by atoms with Crippen LogP contribution in [0.25, 0.3) is 10.2 Å². The largest absolute Gasteiger partial charge is 0.351 e. The third kappa shape index (κ3) is 3.94. The minimum Gasteiger partial charge on any atom is -0.351 e. The molecule has 1 aliphatic heterocycles. The lowest BCUT2D eigenvalue weighted by Crippen LogP contribution is -2.39. The average molecular weight is 366 g/mol. The first-order chi connectivity index (χ1) is 12.8. The van der Waals surface area contributed by atoms with Crippen LogP contribution in [-0.2, 0) is 0 Å². The van der Waals surface area contributed by atoms with E-state index in [0.717, 1.165) is 29.9 Å². The predicted molar refractivity (Wildman–Crippen MR) is 107 cm³/mol. The van der Waals surface area contributed by atoms with E-state index in [-0.39, 0.29) is 5.91 Å². The molecular weight excluding hydrogens is 342 g/mol. The summed E-state index contributed by atoms with van der Waals surface area (Å²) in [6.07, 6.45) is 2.39. The molecule has 0 atom stereocenters. The maximum Gasteiger partial charge on any atom is 0.251 e. The summed E-state index contributed by atoms with van der Waals surface area (Å²) in [5.74, 6) is 0.674. The van der Waals surface area contributed by atoms with Gasteiger partial charge in [-0.15, -0.1) is 11.3 Å². The molecule has 1 aliphatic rings. The van der Waals surface area contributed by atoms with E-state index in [0.29, 0.717) is 18.0 Å². The van der Waals surface area contributed by atoms with E-state index in [2.05, 4.69) is 45.5 Å². The first-order valence-corrected chi connectivity index (χ1v) is 10.1. The fourth-order valence-electron chi connectivity index (χ4n) is 3.64. The number of nitrogens with one attached hydrogen (secondary N) is 1. The van der Waals surface area contributed by atoms with Crippen molar-refractivity contribution in [3.05, 3.63) is 65.2 Å². The molecule has 1 fully saturated rings. The second-order valence-corrected chi connectivity index (χ2v) is 7.70. The zero-order valence-electron chi connectivity index (χ0n) is 14.7. The molecule has 5 heteroatoms. The van der Waals surface area contributed by atoms with Crippen LogP contribution < -0.4 is 5.32 Å². The maximum atomic E-state index is 12.3. The number of likely N-dealkylation sites (tertiary alicyclic amines) is 1. The summed E-state index contributed by atoms with van der Waals surface area (Å²) >= 11 is 1.56.